The fraction of sp³-hybridized carbons (Fsp3) is 0.368. The number of phenolic OH excluding ortho intramolecular Hbond substituents is 2. The van der Waals surface area contributed by atoms with Gasteiger partial charge in [-0.15, -0.1) is 0 Å². The highest BCUT2D eigenvalue weighted by atomic mass is 32.2. The summed E-state index contributed by atoms with van der Waals surface area (Å²) in [5, 5.41) is 20.0. The lowest BCUT2D eigenvalue weighted by atomic mass is 9.86. The van der Waals surface area contributed by atoms with E-state index in [1.807, 2.05) is 32.9 Å². The molecule has 0 aliphatic heterocycles. The van der Waals surface area contributed by atoms with Crippen molar-refractivity contribution in [1.29, 1.82) is 0 Å². The second-order valence-electron chi connectivity index (χ2n) is 6.89. The Morgan fingerprint density at radius 1 is 0.727 bits per heavy atom. The Morgan fingerprint density at radius 2 is 1.23 bits per heavy atom. The first kappa shape index (κ1) is 16.8. The van der Waals surface area contributed by atoms with E-state index in [1.165, 1.54) is 0 Å². The summed E-state index contributed by atoms with van der Waals surface area (Å²) in [5.74, 6) is 0.688. The van der Waals surface area contributed by atoms with E-state index < -0.39 is 0 Å². The van der Waals surface area contributed by atoms with Gasteiger partial charge >= 0.3 is 0 Å². The van der Waals surface area contributed by atoms with Gasteiger partial charge in [0.05, 0.1) is 0 Å². The molecule has 3 heteroatoms. The first-order chi connectivity index (χ1) is 10.1. The van der Waals surface area contributed by atoms with E-state index in [-0.39, 0.29) is 5.41 Å². The monoisotopic (exact) mass is 316 g/mol. The third-order valence-electron chi connectivity index (χ3n) is 3.81. The molecule has 2 rings (SSSR count). The van der Waals surface area contributed by atoms with Gasteiger partial charge in [-0.3, -0.25) is 0 Å². The minimum Gasteiger partial charge on any atom is -0.508 e. The van der Waals surface area contributed by atoms with Crippen molar-refractivity contribution in [1.82, 2.24) is 0 Å². The molecule has 22 heavy (non-hydrogen) atoms. The van der Waals surface area contributed by atoms with E-state index in [9.17, 15) is 10.2 Å². The topological polar surface area (TPSA) is 40.5 Å². The Morgan fingerprint density at radius 3 is 1.77 bits per heavy atom. The van der Waals surface area contributed by atoms with Gasteiger partial charge in [-0.25, -0.2) is 0 Å². The molecule has 0 spiro atoms. The summed E-state index contributed by atoms with van der Waals surface area (Å²) < 4.78 is 0. The maximum absolute atomic E-state index is 10.2. The molecule has 0 unspecified atom stereocenters. The molecule has 118 valence electrons. The Labute approximate surface area is 137 Å². The minimum atomic E-state index is -0.104. The predicted octanol–water partition coefficient (Wildman–Crippen LogP) is 5.47. The smallest absolute Gasteiger partial charge is 0.119 e. The van der Waals surface area contributed by atoms with Crippen molar-refractivity contribution in [3.05, 3.63) is 46.5 Å². The van der Waals surface area contributed by atoms with E-state index in [4.69, 9.17) is 0 Å². The number of rotatable bonds is 2. The zero-order valence-electron chi connectivity index (χ0n) is 14.1. The van der Waals surface area contributed by atoms with Crippen LogP contribution in [0.2, 0.25) is 0 Å². The molecule has 0 aliphatic carbocycles. The molecule has 0 saturated heterocycles. The molecule has 2 aromatic carbocycles. The Kier molecular flexibility index (Phi) is 4.48. The summed E-state index contributed by atoms with van der Waals surface area (Å²) in [5.41, 5.74) is 3.83. The van der Waals surface area contributed by atoms with E-state index in [2.05, 4.69) is 26.8 Å². The molecule has 0 radical (unpaired) electrons. The van der Waals surface area contributed by atoms with Crippen molar-refractivity contribution in [2.75, 3.05) is 0 Å². The molecule has 0 aliphatic rings. The number of aryl methyl sites for hydroxylation is 3. The standard InChI is InChI=1S/C19H24O2S/c1-11-9-17(12(2)7-15(11)20)22-18-10-14(19(4,5)6)16(21)8-13(18)3/h7-10,20-21H,1-6H3. The quantitative estimate of drug-likeness (QED) is 0.771. The predicted molar refractivity (Wildman–Crippen MR) is 93.2 cm³/mol. The van der Waals surface area contributed by atoms with Gasteiger partial charge in [0.1, 0.15) is 11.5 Å². The van der Waals surface area contributed by atoms with E-state index in [0.29, 0.717) is 11.5 Å². The first-order valence-corrected chi connectivity index (χ1v) is 8.23. The minimum absolute atomic E-state index is 0.104. The van der Waals surface area contributed by atoms with Crippen LogP contribution in [0.15, 0.2) is 34.1 Å². The zero-order valence-corrected chi connectivity index (χ0v) is 14.9. The SMILES string of the molecule is Cc1cc(Sc2cc(C(C)(C)C)c(O)cc2C)c(C)cc1O. The number of aromatic hydroxyl groups is 2. The molecule has 0 saturated carbocycles. The molecule has 0 fully saturated rings. The van der Waals surface area contributed by atoms with Gasteiger partial charge in [-0.05, 0) is 67.1 Å². The molecule has 2 N–H and O–H groups in total. The van der Waals surface area contributed by atoms with Crippen LogP contribution in [0.5, 0.6) is 11.5 Å². The fourth-order valence-corrected chi connectivity index (χ4v) is 3.48. The molecular formula is C19H24O2S. The lowest BCUT2D eigenvalue weighted by Crippen LogP contribution is -2.11. The van der Waals surface area contributed by atoms with Crippen LogP contribution in [0, 0.1) is 20.8 Å². The number of hydrogen-bond acceptors (Lipinski definition) is 3. The number of benzene rings is 2. The summed E-state index contributed by atoms with van der Waals surface area (Å²) in [6.07, 6.45) is 0. The van der Waals surface area contributed by atoms with Crippen molar-refractivity contribution in [2.24, 2.45) is 0 Å². The maximum Gasteiger partial charge on any atom is 0.119 e. The molecule has 0 atom stereocenters. The maximum atomic E-state index is 10.2. The highest BCUT2D eigenvalue weighted by Gasteiger charge is 2.20. The van der Waals surface area contributed by atoms with Crippen LogP contribution >= 0.6 is 11.8 Å². The number of hydrogen-bond donors (Lipinski definition) is 2. The van der Waals surface area contributed by atoms with Gasteiger partial charge in [-0.1, -0.05) is 32.5 Å². The normalized spacial score (nSPS) is 11.7. The second-order valence-corrected chi connectivity index (χ2v) is 7.97. The van der Waals surface area contributed by atoms with E-state index in [0.717, 1.165) is 32.0 Å². The van der Waals surface area contributed by atoms with Crippen LogP contribution in [0.1, 0.15) is 43.0 Å². The van der Waals surface area contributed by atoms with Gasteiger partial charge < -0.3 is 10.2 Å². The van der Waals surface area contributed by atoms with Crippen molar-refractivity contribution in [3.8, 4) is 11.5 Å². The van der Waals surface area contributed by atoms with Gasteiger partial charge in [-0.2, -0.15) is 0 Å². The summed E-state index contributed by atoms with van der Waals surface area (Å²) in [6, 6.07) is 7.74. The third-order valence-corrected chi connectivity index (χ3v) is 5.13. The second kappa shape index (κ2) is 5.88. The van der Waals surface area contributed by atoms with Crippen LogP contribution in [-0.2, 0) is 5.41 Å². The molecule has 0 bridgehead atoms. The van der Waals surface area contributed by atoms with Crippen molar-refractivity contribution >= 4 is 11.8 Å². The molecular weight excluding hydrogens is 292 g/mol. The molecule has 0 aromatic heterocycles. The average molecular weight is 316 g/mol. The highest BCUT2D eigenvalue weighted by Crippen LogP contribution is 2.40. The van der Waals surface area contributed by atoms with Crippen LogP contribution in [0.4, 0.5) is 0 Å². The van der Waals surface area contributed by atoms with E-state index in [1.54, 1.807) is 17.8 Å². The Hall–Kier alpha value is -1.61. The fourth-order valence-electron chi connectivity index (χ4n) is 2.39. The van der Waals surface area contributed by atoms with Gasteiger partial charge in [0, 0.05) is 15.4 Å². The third kappa shape index (κ3) is 3.41. The van der Waals surface area contributed by atoms with Gasteiger partial charge in [0.15, 0.2) is 0 Å². The molecule has 2 nitrogen and oxygen atoms in total. The average Bonchev–Trinajstić information content (AvgIpc) is 2.37. The Bertz CT molecular complexity index is 712. The summed E-state index contributed by atoms with van der Waals surface area (Å²) in [6.45, 7) is 12.2. The van der Waals surface area contributed by atoms with Crippen LogP contribution in [0.3, 0.4) is 0 Å². The summed E-state index contributed by atoms with van der Waals surface area (Å²) in [4.78, 5) is 2.26. The molecule has 2 aromatic rings. The van der Waals surface area contributed by atoms with Crippen molar-refractivity contribution in [2.45, 2.75) is 56.7 Å². The first-order valence-electron chi connectivity index (χ1n) is 7.41. The van der Waals surface area contributed by atoms with Crippen LogP contribution in [-0.4, -0.2) is 10.2 Å². The molecule has 0 amide bonds. The van der Waals surface area contributed by atoms with Crippen molar-refractivity contribution in [3.63, 3.8) is 0 Å². The lowest BCUT2D eigenvalue weighted by molar-refractivity contribution is 0.445. The van der Waals surface area contributed by atoms with Crippen LogP contribution in [0.25, 0.3) is 0 Å². The van der Waals surface area contributed by atoms with Crippen LogP contribution < -0.4 is 0 Å². The Balaban J connectivity index is 2.48. The largest absolute Gasteiger partial charge is 0.508 e. The highest BCUT2D eigenvalue weighted by molar-refractivity contribution is 7.99. The van der Waals surface area contributed by atoms with Gasteiger partial charge in [0.25, 0.3) is 0 Å². The van der Waals surface area contributed by atoms with Crippen molar-refractivity contribution < 1.29 is 10.2 Å². The van der Waals surface area contributed by atoms with E-state index >= 15 is 0 Å². The molecule has 0 heterocycles. The van der Waals surface area contributed by atoms with Gasteiger partial charge in [0.2, 0.25) is 0 Å². The zero-order chi connectivity index (χ0) is 16.7. The summed E-state index contributed by atoms with van der Waals surface area (Å²) >= 11 is 1.68. The lowest BCUT2D eigenvalue weighted by Gasteiger charge is -2.22. The summed E-state index contributed by atoms with van der Waals surface area (Å²) in [7, 11) is 0. The number of phenols is 2.